The van der Waals surface area contributed by atoms with E-state index in [2.05, 4.69) is 16.5 Å². The Kier molecular flexibility index (Phi) is 8.07. The van der Waals surface area contributed by atoms with Gasteiger partial charge in [0.25, 0.3) is 0 Å². The molecule has 2 aromatic carbocycles. The van der Waals surface area contributed by atoms with Crippen LogP contribution in [0.15, 0.2) is 64.8 Å². The van der Waals surface area contributed by atoms with Crippen LogP contribution < -0.4 is 10.6 Å². The molecule has 5 rings (SSSR count). The van der Waals surface area contributed by atoms with Gasteiger partial charge >= 0.3 is 5.69 Å². The topological polar surface area (TPSA) is 109 Å². The first kappa shape index (κ1) is 30.9. The second-order valence-corrected chi connectivity index (χ2v) is 12.7. The zero-order valence-electron chi connectivity index (χ0n) is 24.4. The van der Waals surface area contributed by atoms with Gasteiger partial charge < -0.3 is 9.80 Å². The molecule has 1 amide bonds. The minimum Gasteiger partial charge on any atom is -0.350 e. The SMILES string of the molecule is C=CC(=O)N1CCN(c2nc(=O)n(-c3c(C)cccc3S(=O)(=O)N(C)C)c3nc(-c4c(F)cccc4F)c(F)cc23)[C@@H](C)C1. The lowest BCUT2D eigenvalue weighted by atomic mass is 10.1. The van der Waals surface area contributed by atoms with Crippen molar-refractivity contribution in [1.82, 2.24) is 23.7 Å². The van der Waals surface area contributed by atoms with Crippen molar-refractivity contribution < 1.29 is 26.4 Å². The molecule has 0 bridgehead atoms. The van der Waals surface area contributed by atoms with Gasteiger partial charge in [-0.25, -0.2) is 40.2 Å². The molecule has 1 aliphatic heterocycles. The first-order chi connectivity index (χ1) is 20.8. The predicted octanol–water partition coefficient (Wildman–Crippen LogP) is 3.65. The van der Waals surface area contributed by atoms with E-state index in [0.29, 0.717) is 5.56 Å². The summed E-state index contributed by atoms with van der Waals surface area (Å²) in [7, 11) is -1.48. The van der Waals surface area contributed by atoms with Crippen LogP contribution in [0.3, 0.4) is 0 Å². The number of aryl methyl sites for hydroxylation is 1. The van der Waals surface area contributed by atoms with Crippen molar-refractivity contribution in [2.75, 3.05) is 38.6 Å². The fourth-order valence-electron chi connectivity index (χ4n) is 5.35. The molecule has 0 unspecified atom stereocenters. The van der Waals surface area contributed by atoms with E-state index in [1.54, 1.807) is 29.7 Å². The van der Waals surface area contributed by atoms with E-state index in [-0.39, 0.29) is 53.0 Å². The number of piperazine rings is 1. The lowest BCUT2D eigenvalue weighted by molar-refractivity contribution is -0.126. The molecule has 0 aliphatic carbocycles. The van der Waals surface area contributed by atoms with Crippen LogP contribution in [0.1, 0.15) is 12.5 Å². The van der Waals surface area contributed by atoms with Crippen molar-refractivity contribution in [2.45, 2.75) is 24.8 Å². The number of anilines is 1. The molecule has 0 N–H and O–H groups in total. The van der Waals surface area contributed by atoms with Crippen molar-refractivity contribution in [2.24, 2.45) is 0 Å². The third kappa shape index (κ3) is 5.13. The van der Waals surface area contributed by atoms with Gasteiger partial charge in [0.2, 0.25) is 15.9 Å². The molecule has 2 aromatic heterocycles. The second-order valence-electron chi connectivity index (χ2n) is 10.6. The van der Waals surface area contributed by atoms with E-state index in [1.165, 1.54) is 32.3 Å². The van der Waals surface area contributed by atoms with Crippen LogP contribution in [-0.2, 0) is 14.8 Å². The number of para-hydroxylation sites is 1. The number of aromatic nitrogens is 3. The van der Waals surface area contributed by atoms with E-state index >= 15 is 4.39 Å². The third-order valence-electron chi connectivity index (χ3n) is 7.57. The molecule has 10 nitrogen and oxygen atoms in total. The number of carbonyl (C=O) groups is 1. The Bertz CT molecular complexity index is 1980. The molecule has 0 radical (unpaired) electrons. The van der Waals surface area contributed by atoms with Crippen LogP contribution in [0.25, 0.3) is 28.0 Å². The molecule has 4 aromatic rings. The standard InChI is InChI=1S/C30H29F3N6O4S/c1-6-24(40)37-13-14-38(18(3)16-37)28-19-15-22(33)26(25-20(31)10-8-11-21(25)32)34-29(19)39(30(41)35-28)27-17(2)9-7-12-23(27)44(42,43)36(4)5/h6-12,15,18H,1,13-14,16H2,2-5H3/t18-/m0/s1. The van der Waals surface area contributed by atoms with Gasteiger partial charge in [0.1, 0.15) is 28.0 Å². The summed E-state index contributed by atoms with van der Waals surface area (Å²) in [5.41, 5.74) is -2.42. The first-order valence-corrected chi connectivity index (χ1v) is 15.0. The van der Waals surface area contributed by atoms with Crippen LogP contribution in [0.2, 0.25) is 0 Å². The van der Waals surface area contributed by atoms with Crippen molar-refractivity contribution >= 4 is 32.8 Å². The summed E-state index contributed by atoms with van der Waals surface area (Å²) >= 11 is 0. The number of nitrogens with zero attached hydrogens (tertiary/aromatic N) is 6. The molecule has 1 atom stereocenters. The maximum Gasteiger partial charge on any atom is 0.355 e. The lowest BCUT2D eigenvalue weighted by Crippen LogP contribution is -2.54. The number of pyridine rings is 1. The summed E-state index contributed by atoms with van der Waals surface area (Å²) in [6.45, 7) is 7.59. The van der Waals surface area contributed by atoms with Gasteiger partial charge in [0.05, 0.1) is 16.6 Å². The van der Waals surface area contributed by atoms with Crippen LogP contribution in [0.4, 0.5) is 19.0 Å². The molecule has 44 heavy (non-hydrogen) atoms. The summed E-state index contributed by atoms with van der Waals surface area (Å²) < 4.78 is 74.3. The van der Waals surface area contributed by atoms with Crippen LogP contribution >= 0.6 is 0 Å². The Morgan fingerprint density at radius 2 is 1.70 bits per heavy atom. The minimum absolute atomic E-state index is 0.00519. The smallest absolute Gasteiger partial charge is 0.350 e. The summed E-state index contributed by atoms with van der Waals surface area (Å²) in [5, 5.41) is -0.00519. The number of benzene rings is 2. The van der Waals surface area contributed by atoms with Crippen LogP contribution in [-0.4, -0.2) is 77.8 Å². The van der Waals surface area contributed by atoms with Gasteiger partial charge in [0, 0.05) is 39.8 Å². The van der Waals surface area contributed by atoms with E-state index in [4.69, 9.17) is 0 Å². The normalized spacial score (nSPS) is 15.7. The molecule has 14 heteroatoms. The molecule has 0 spiro atoms. The molecule has 0 saturated carbocycles. The minimum atomic E-state index is -4.14. The zero-order chi connectivity index (χ0) is 32.1. The second kappa shape index (κ2) is 11.5. The van der Waals surface area contributed by atoms with E-state index in [1.807, 2.05) is 0 Å². The quantitative estimate of drug-likeness (QED) is 0.301. The molecule has 230 valence electrons. The fourth-order valence-corrected chi connectivity index (χ4v) is 6.49. The highest BCUT2D eigenvalue weighted by atomic mass is 32.2. The number of hydrogen-bond donors (Lipinski definition) is 0. The van der Waals surface area contributed by atoms with E-state index in [0.717, 1.165) is 33.1 Å². The van der Waals surface area contributed by atoms with Crippen molar-refractivity contribution in [3.05, 3.63) is 88.6 Å². The number of hydrogen-bond acceptors (Lipinski definition) is 7. The number of fused-ring (bicyclic) bond motifs is 1. The highest BCUT2D eigenvalue weighted by Crippen LogP contribution is 2.35. The third-order valence-corrected chi connectivity index (χ3v) is 9.42. The highest BCUT2D eigenvalue weighted by molar-refractivity contribution is 7.89. The lowest BCUT2D eigenvalue weighted by Gasteiger charge is -2.40. The maximum absolute atomic E-state index is 15.8. The van der Waals surface area contributed by atoms with Crippen LogP contribution in [0, 0.1) is 24.4 Å². The summed E-state index contributed by atoms with van der Waals surface area (Å²) in [4.78, 5) is 37.8. The maximum atomic E-state index is 15.8. The number of carbonyl (C=O) groups excluding carboxylic acids is 1. The van der Waals surface area contributed by atoms with Gasteiger partial charge in [-0.1, -0.05) is 24.8 Å². The molecule has 1 saturated heterocycles. The number of amides is 1. The summed E-state index contributed by atoms with van der Waals surface area (Å²) in [5.74, 6) is -3.50. The van der Waals surface area contributed by atoms with Crippen molar-refractivity contribution in [3.8, 4) is 16.9 Å². The van der Waals surface area contributed by atoms with Gasteiger partial charge in [0.15, 0.2) is 11.5 Å². The summed E-state index contributed by atoms with van der Waals surface area (Å²) in [6.07, 6.45) is 1.20. The first-order valence-electron chi connectivity index (χ1n) is 13.6. The molecule has 3 heterocycles. The number of sulfonamides is 1. The predicted molar refractivity (Wildman–Crippen MR) is 160 cm³/mol. The average molecular weight is 627 g/mol. The average Bonchev–Trinajstić information content (AvgIpc) is 2.97. The molecular weight excluding hydrogens is 597 g/mol. The Labute approximate surface area is 251 Å². The Hall–Kier alpha value is -4.56. The molecule has 1 aliphatic rings. The van der Waals surface area contributed by atoms with Gasteiger partial charge in [-0.3, -0.25) is 4.79 Å². The van der Waals surface area contributed by atoms with Gasteiger partial charge in [-0.2, -0.15) is 4.98 Å². The fraction of sp³-hybridized carbons (Fsp3) is 0.267. The number of rotatable bonds is 6. The molecular formula is C30H29F3N6O4S. The van der Waals surface area contributed by atoms with E-state index < -0.39 is 50.5 Å². The van der Waals surface area contributed by atoms with Crippen molar-refractivity contribution in [1.29, 1.82) is 0 Å². The zero-order valence-corrected chi connectivity index (χ0v) is 25.2. The van der Waals surface area contributed by atoms with Crippen LogP contribution in [0.5, 0.6) is 0 Å². The summed E-state index contributed by atoms with van der Waals surface area (Å²) in [6, 6.07) is 7.99. The Balaban J connectivity index is 1.87. The largest absolute Gasteiger partial charge is 0.355 e. The van der Waals surface area contributed by atoms with E-state index in [9.17, 15) is 26.8 Å². The number of halogens is 3. The Morgan fingerprint density at radius 1 is 1.05 bits per heavy atom. The molecule has 1 fully saturated rings. The highest BCUT2D eigenvalue weighted by Gasteiger charge is 2.32. The van der Waals surface area contributed by atoms with Gasteiger partial charge in [-0.05, 0) is 49.8 Å². The Morgan fingerprint density at radius 3 is 2.32 bits per heavy atom. The van der Waals surface area contributed by atoms with Gasteiger partial charge in [-0.15, -0.1) is 0 Å². The monoisotopic (exact) mass is 626 g/mol. The van der Waals surface area contributed by atoms with Crippen molar-refractivity contribution in [3.63, 3.8) is 0 Å².